The molecule has 0 radical (unpaired) electrons. The van der Waals surface area contributed by atoms with E-state index >= 15 is 0 Å². The van der Waals surface area contributed by atoms with Crippen LogP contribution in [-0.4, -0.2) is 67.4 Å². The van der Waals surface area contributed by atoms with Gasteiger partial charge in [-0.25, -0.2) is 0 Å². The van der Waals surface area contributed by atoms with E-state index in [0.717, 1.165) is 52.0 Å². The Morgan fingerprint density at radius 2 is 2.18 bits per heavy atom. The highest BCUT2D eigenvalue weighted by Crippen LogP contribution is 2.21. The second-order valence-corrected chi connectivity index (χ2v) is 6.73. The van der Waals surface area contributed by atoms with Gasteiger partial charge in [0.05, 0.1) is 11.5 Å². The van der Waals surface area contributed by atoms with Crippen molar-refractivity contribution in [1.29, 1.82) is 0 Å². The summed E-state index contributed by atoms with van der Waals surface area (Å²) in [5, 5.41) is 11.3. The Kier molecular flexibility index (Phi) is 8.82. The molecule has 0 aromatic heterocycles. The minimum absolute atomic E-state index is 0.387. The first-order valence-corrected chi connectivity index (χ1v) is 9.10. The van der Waals surface area contributed by atoms with Gasteiger partial charge < -0.3 is 14.5 Å². The van der Waals surface area contributed by atoms with Crippen molar-refractivity contribution in [3.05, 3.63) is 21.3 Å². The normalized spacial score (nSPS) is 22.3. The molecule has 1 heterocycles. The van der Waals surface area contributed by atoms with Crippen molar-refractivity contribution in [1.82, 2.24) is 9.80 Å². The van der Waals surface area contributed by atoms with Crippen LogP contribution in [0.2, 0.25) is 0 Å². The van der Waals surface area contributed by atoms with Crippen molar-refractivity contribution in [2.45, 2.75) is 20.3 Å². The lowest BCUT2D eigenvalue weighted by molar-refractivity contribution is -0.403. The molecule has 1 aliphatic rings. The molecule has 0 saturated carbocycles. The van der Waals surface area contributed by atoms with E-state index in [1.54, 1.807) is 0 Å². The van der Waals surface area contributed by atoms with Crippen molar-refractivity contribution >= 4 is 11.8 Å². The molecule has 1 saturated heterocycles. The largest absolute Gasteiger partial charge is 0.381 e. The van der Waals surface area contributed by atoms with Gasteiger partial charge in [0.15, 0.2) is 0 Å². The van der Waals surface area contributed by atoms with E-state index in [9.17, 15) is 10.1 Å². The molecule has 2 atom stereocenters. The van der Waals surface area contributed by atoms with E-state index in [1.807, 2.05) is 18.2 Å². The molecule has 1 rings (SSSR count). The predicted molar refractivity (Wildman–Crippen MR) is 91.4 cm³/mol. The lowest BCUT2D eigenvalue weighted by Gasteiger charge is -2.26. The molecule has 0 N–H and O–H groups in total. The highest BCUT2D eigenvalue weighted by molar-refractivity contribution is 8.02. The van der Waals surface area contributed by atoms with Crippen LogP contribution in [0.4, 0.5) is 0 Å². The molecule has 0 spiro atoms. The fourth-order valence-corrected chi connectivity index (χ4v) is 3.28. The summed E-state index contributed by atoms with van der Waals surface area (Å²) >= 11 is 1.41. The van der Waals surface area contributed by atoms with E-state index < -0.39 is 0 Å². The van der Waals surface area contributed by atoms with E-state index in [4.69, 9.17) is 4.74 Å². The third kappa shape index (κ3) is 6.54. The molecule has 22 heavy (non-hydrogen) atoms. The second-order valence-electron chi connectivity index (χ2n) is 5.90. The zero-order valence-corrected chi connectivity index (χ0v) is 15.0. The number of ether oxygens (including phenoxy) is 1. The monoisotopic (exact) mass is 331 g/mol. The van der Waals surface area contributed by atoms with Crippen LogP contribution >= 0.6 is 11.8 Å². The summed E-state index contributed by atoms with van der Waals surface area (Å²) in [6.07, 6.45) is 3.95. The zero-order valence-electron chi connectivity index (χ0n) is 14.2. The van der Waals surface area contributed by atoms with Crippen LogP contribution in [0.1, 0.15) is 20.3 Å². The Bertz CT molecular complexity index is 379. The van der Waals surface area contributed by atoms with Gasteiger partial charge in [0.2, 0.25) is 0 Å². The molecule has 1 aliphatic heterocycles. The molecular formula is C15H29N3O3S. The maximum Gasteiger partial charge on any atom is 0.264 e. The molecule has 6 nitrogen and oxygen atoms in total. The standard InChI is InChI=1S/C15H29N3O3S/c1-5-17(9-14-12-21-11-13(14)2)8-6-7-16(3)15(22-4)10-18(19)20/h10,13-14H,5-9,11-12H2,1-4H3. The number of thioether (sulfide) groups is 1. The van der Waals surface area contributed by atoms with Crippen LogP contribution in [0.25, 0.3) is 0 Å². The van der Waals surface area contributed by atoms with Crippen molar-refractivity contribution in [3.8, 4) is 0 Å². The van der Waals surface area contributed by atoms with E-state index in [2.05, 4.69) is 18.7 Å². The Morgan fingerprint density at radius 1 is 1.45 bits per heavy atom. The van der Waals surface area contributed by atoms with Gasteiger partial charge >= 0.3 is 0 Å². The summed E-state index contributed by atoms with van der Waals surface area (Å²) in [6, 6.07) is 0. The topological polar surface area (TPSA) is 58.9 Å². The maximum atomic E-state index is 10.6. The maximum absolute atomic E-state index is 10.6. The number of nitrogens with zero attached hydrogens (tertiary/aromatic N) is 3. The Balaban J connectivity index is 2.35. The highest BCUT2D eigenvalue weighted by atomic mass is 32.2. The van der Waals surface area contributed by atoms with Crippen molar-refractivity contribution in [2.75, 3.05) is 52.7 Å². The fourth-order valence-electron chi connectivity index (χ4n) is 2.69. The summed E-state index contributed by atoms with van der Waals surface area (Å²) in [4.78, 5) is 14.6. The predicted octanol–water partition coefficient (Wildman–Crippen LogP) is 2.35. The van der Waals surface area contributed by atoms with Crippen LogP contribution in [0.5, 0.6) is 0 Å². The van der Waals surface area contributed by atoms with Gasteiger partial charge in [0, 0.05) is 26.7 Å². The number of hydrogen-bond donors (Lipinski definition) is 0. The third-order valence-corrected chi connectivity index (χ3v) is 5.06. The van der Waals surface area contributed by atoms with Gasteiger partial charge in [-0.15, -0.1) is 11.8 Å². The fraction of sp³-hybridized carbons (Fsp3) is 0.867. The summed E-state index contributed by atoms with van der Waals surface area (Å²) in [5.74, 6) is 1.27. The van der Waals surface area contributed by atoms with Crippen LogP contribution in [0.3, 0.4) is 0 Å². The molecule has 0 amide bonds. The SMILES string of the molecule is CCN(CCCN(C)C(=C[N+](=O)[O-])SC)CC1COCC1C. The van der Waals surface area contributed by atoms with E-state index in [1.165, 1.54) is 11.8 Å². The van der Waals surface area contributed by atoms with Crippen molar-refractivity contribution in [3.63, 3.8) is 0 Å². The van der Waals surface area contributed by atoms with Gasteiger partial charge in [-0.3, -0.25) is 10.1 Å². The summed E-state index contributed by atoms with van der Waals surface area (Å²) in [6.45, 7) is 10.2. The first kappa shape index (κ1) is 19.3. The molecule has 0 aromatic rings. The van der Waals surface area contributed by atoms with Crippen LogP contribution in [0.15, 0.2) is 11.2 Å². The molecular weight excluding hydrogens is 302 g/mol. The minimum atomic E-state index is -0.387. The van der Waals surface area contributed by atoms with E-state index in [-0.39, 0.29) is 4.92 Å². The van der Waals surface area contributed by atoms with Gasteiger partial charge in [-0.05, 0) is 37.6 Å². The summed E-state index contributed by atoms with van der Waals surface area (Å²) in [5.41, 5.74) is 0. The zero-order chi connectivity index (χ0) is 16.5. The molecule has 0 bridgehead atoms. The first-order chi connectivity index (χ1) is 10.5. The van der Waals surface area contributed by atoms with Gasteiger partial charge in [-0.2, -0.15) is 0 Å². The molecule has 7 heteroatoms. The van der Waals surface area contributed by atoms with Crippen LogP contribution < -0.4 is 0 Å². The Morgan fingerprint density at radius 3 is 2.68 bits per heavy atom. The molecule has 0 aliphatic carbocycles. The molecule has 1 fully saturated rings. The average molecular weight is 331 g/mol. The van der Waals surface area contributed by atoms with Crippen LogP contribution in [-0.2, 0) is 4.74 Å². The van der Waals surface area contributed by atoms with Crippen LogP contribution in [0, 0.1) is 22.0 Å². The summed E-state index contributed by atoms with van der Waals surface area (Å²) < 4.78 is 5.53. The van der Waals surface area contributed by atoms with Crippen molar-refractivity contribution < 1.29 is 9.66 Å². The number of nitro groups is 1. The lowest BCUT2D eigenvalue weighted by atomic mass is 9.97. The summed E-state index contributed by atoms with van der Waals surface area (Å²) in [7, 11) is 1.91. The lowest BCUT2D eigenvalue weighted by Crippen LogP contribution is -2.34. The molecule has 0 aromatic carbocycles. The second kappa shape index (κ2) is 10.1. The quantitative estimate of drug-likeness (QED) is 0.452. The Labute approximate surface area is 138 Å². The van der Waals surface area contributed by atoms with Gasteiger partial charge in [0.1, 0.15) is 5.03 Å². The minimum Gasteiger partial charge on any atom is -0.381 e. The molecule has 2 unspecified atom stereocenters. The first-order valence-electron chi connectivity index (χ1n) is 7.88. The smallest absolute Gasteiger partial charge is 0.264 e. The van der Waals surface area contributed by atoms with Crippen molar-refractivity contribution in [2.24, 2.45) is 11.8 Å². The van der Waals surface area contributed by atoms with Gasteiger partial charge in [0.25, 0.3) is 6.20 Å². The number of hydrogen-bond acceptors (Lipinski definition) is 6. The number of rotatable bonds is 10. The van der Waals surface area contributed by atoms with Gasteiger partial charge in [-0.1, -0.05) is 13.8 Å². The van der Waals surface area contributed by atoms with E-state index in [0.29, 0.717) is 16.9 Å². The third-order valence-electron chi connectivity index (χ3n) is 4.23. The molecule has 128 valence electrons. The Hall–Kier alpha value is -0.790. The highest BCUT2D eigenvalue weighted by Gasteiger charge is 2.25. The average Bonchev–Trinajstić information content (AvgIpc) is 2.88.